The Labute approximate surface area is 159 Å². The molecule has 144 valence electrons. The lowest BCUT2D eigenvalue weighted by Crippen LogP contribution is -2.15. The van der Waals surface area contributed by atoms with Crippen molar-refractivity contribution in [1.82, 2.24) is 5.16 Å². The van der Waals surface area contributed by atoms with Gasteiger partial charge in [0.2, 0.25) is 0 Å². The predicted molar refractivity (Wildman–Crippen MR) is 94.6 cm³/mol. The molecule has 0 fully saturated rings. The number of benzene rings is 2. The first kappa shape index (κ1) is 17.8. The SMILES string of the molecule is O=C(COc1ccccc1F)OCc1cc(-c2ccc3c(c2)OCCO3)on1. The minimum Gasteiger partial charge on any atom is -0.486 e. The van der Waals surface area contributed by atoms with Gasteiger partial charge in [-0.1, -0.05) is 17.3 Å². The van der Waals surface area contributed by atoms with Gasteiger partial charge in [-0.25, -0.2) is 9.18 Å². The van der Waals surface area contributed by atoms with E-state index in [-0.39, 0.29) is 12.4 Å². The minimum atomic E-state index is -0.646. The Morgan fingerprint density at radius 3 is 2.75 bits per heavy atom. The summed E-state index contributed by atoms with van der Waals surface area (Å²) < 4.78 is 39.9. The maximum Gasteiger partial charge on any atom is 0.344 e. The Kier molecular flexibility index (Phi) is 5.09. The molecular weight excluding hydrogens is 369 g/mol. The second kappa shape index (κ2) is 7.99. The van der Waals surface area contributed by atoms with Crippen molar-refractivity contribution in [3.8, 4) is 28.6 Å². The third-order valence-electron chi connectivity index (χ3n) is 3.95. The van der Waals surface area contributed by atoms with Crippen molar-refractivity contribution in [2.45, 2.75) is 6.61 Å². The number of aromatic nitrogens is 1. The second-order valence-electron chi connectivity index (χ2n) is 5.92. The van der Waals surface area contributed by atoms with E-state index in [1.165, 1.54) is 18.2 Å². The van der Waals surface area contributed by atoms with Gasteiger partial charge in [-0.05, 0) is 30.3 Å². The van der Waals surface area contributed by atoms with E-state index < -0.39 is 18.4 Å². The van der Waals surface area contributed by atoms with E-state index in [0.29, 0.717) is 36.2 Å². The smallest absolute Gasteiger partial charge is 0.344 e. The summed E-state index contributed by atoms with van der Waals surface area (Å²) in [4.78, 5) is 11.8. The first-order valence-electron chi connectivity index (χ1n) is 8.57. The van der Waals surface area contributed by atoms with E-state index in [4.69, 9.17) is 23.5 Å². The number of para-hydroxylation sites is 1. The lowest BCUT2D eigenvalue weighted by molar-refractivity contribution is -0.147. The summed E-state index contributed by atoms with van der Waals surface area (Å²) in [6.07, 6.45) is 0. The van der Waals surface area contributed by atoms with Gasteiger partial charge < -0.3 is 23.5 Å². The van der Waals surface area contributed by atoms with Crippen LogP contribution in [0.1, 0.15) is 5.69 Å². The van der Waals surface area contributed by atoms with E-state index >= 15 is 0 Å². The Morgan fingerprint density at radius 1 is 1.07 bits per heavy atom. The summed E-state index contributed by atoms with van der Waals surface area (Å²) in [6.45, 7) is 0.509. The lowest BCUT2D eigenvalue weighted by atomic mass is 10.1. The highest BCUT2D eigenvalue weighted by Gasteiger charge is 2.15. The first-order valence-corrected chi connectivity index (χ1v) is 8.57. The number of hydrogen-bond acceptors (Lipinski definition) is 7. The Balaban J connectivity index is 1.32. The van der Waals surface area contributed by atoms with Crippen molar-refractivity contribution < 1.29 is 32.7 Å². The number of fused-ring (bicyclic) bond motifs is 1. The molecule has 4 rings (SSSR count). The Hall–Kier alpha value is -3.55. The normalized spacial score (nSPS) is 12.5. The zero-order chi connectivity index (χ0) is 19.3. The maximum absolute atomic E-state index is 13.4. The first-order chi connectivity index (χ1) is 13.7. The molecular formula is C20H16FNO6. The molecule has 0 atom stereocenters. The summed E-state index contributed by atoms with van der Waals surface area (Å²) in [5.41, 5.74) is 1.20. The molecule has 0 amide bonds. The fourth-order valence-electron chi connectivity index (χ4n) is 2.61. The molecule has 28 heavy (non-hydrogen) atoms. The van der Waals surface area contributed by atoms with Crippen molar-refractivity contribution >= 4 is 5.97 Å². The highest BCUT2D eigenvalue weighted by Crippen LogP contribution is 2.34. The molecule has 3 aromatic rings. The molecule has 1 aliphatic heterocycles. The van der Waals surface area contributed by atoms with E-state index in [1.807, 2.05) is 6.07 Å². The van der Waals surface area contributed by atoms with Crippen LogP contribution in [0.3, 0.4) is 0 Å². The van der Waals surface area contributed by atoms with E-state index in [2.05, 4.69) is 5.16 Å². The van der Waals surface area contributed by atoms with Gasteiger partial charge in [0.1, 0.15) is 25.5 Å². The Morgan fingerprint density at radius 2 is 1.89 bits per heavy atom. The molecule has 0 saturated carbocycles. The number of hydrogen-bond donors (Lipinski definition) is 0. The zero-order valence-electron chi connectivity index (χ0n) is 14.7. The van der Waals surface area contributed by atoms with Gasteiger partial charge in [0, 0.05) is 11.6 Å². The van der Waals surface area contributed by atoms with E-state index in [1.54, 1.807) is 24.3 Å². The van der Waals surface area contributed by atoms with Crippen molar-refractivity contribution in [1.29, 1.82) is 0 Å². The highest BCUT2D eigenvalue weighted by atomic mass is 19.1. The molecule has 7 nitrogen and oxygen atoms in total. The van der Waals surface area contributed by atoms with Crippen LogP contribution in [-0.4, -0.2) is 30.9 Å². The van der Waals surface area contributed by atoms with E-state index in [0.717, 1.165) is 5.56 Å². The minimum absolute atomic E-state index is 0.0122. The summed E-state index contributed by atoms with van der Waals surface area (Å²) in [7, 11) is 0. The molecule has 0 spiro atoms. The molecule has 2 heterocycles. The number of carbonyl (C=O) groups is 1. The fourth-order valence-corrected chi connectivity index (χ4v) is 2.61. The quantitative estimate of drug-likeness (QED) is 0.602. The van der Waals surface area contributed by atoms with Gasteiger partial charge in [0.25, 0.3) is 0 Å². The number of esters is 1. The second-order valence-corrected chi connectivity index (χ2v) is 5.92. The molecule has 1 aromatic heterocycles. The number of carbonyl (C=O) groups excluding carboxylic acids is 1. The number of halogens is 1. The summed E-state index contributed by atoms with van der Waals surface area (Å²) in [5, 5.41) is 3.88. The molecule has 1 aliphatic rings. The van der Waals surface area contributed by atoms with Crippen LogP contribution in [0.15, 0.2) is 53.1 Å². The summed E-state index contributed by atoms with van der Waals surface area (Å²) in [5.74, 6) is 0.618. The number of rotatable bonds is 6. The third kappa shape index (κ3) is 4.06. The van der Waals surface area contributed by atoms with Crippen LogP contribution < -0.4 is 14.2 Å². The molecule has 0 radical (unpaired) electrons. The molecule has 0 unspecified atom stereocenters. The number of nitrogens with zero attached hydrogens (tertiary/aromatic N) is 1. The van der Waals surface area contributed by atoms with Crippen molar-refractivity contribution in [2.24, 2.45) is 0 Å². The fraction of sp³-hybridized carbons (Fsp3) is 0.200. The van der Waals surface area contributed by atoms with Gasteiger partial charge in [0.15, 0.2) is 35.4 Å². The van der Waals surface area contributed by atoms with Crippen LogP contribution in [0, 0.1) is 5.82 Å². The molecule has 2 aromatic carbocycles. The zero-order valence-corrected chi connectivity index (χ0v) is 14.7. The van der Waals surface area contributed by atoms with Crippen LogP contribution in [-0.2, 0) is 16.1 Å². The van der Waals surface area contributed by atoms with Gasteiger partial charge in [-0.3, -0.25) is 0 Å². The largest absolute Gasteiger partial charge is 0.486 e. The molecule has 0 aliphatic carbocycles. The standard InChI is InChI=1S/C20H16FNO6/c21-15-3-1-2-4-16(15)26-12-20(23)27-11-14-10-18(28-22-14)13-5-6-17-19(9-13)25-8-7-24-17/h1-6,9-10H,7-8,11-12H2. The molecule has 0 N–H and O–H groups in total. The van der Waals surface area contributed by atoms with Crippen molar-refractivity contribution in [3.05, 3.63) is 60.0 Å². The van der Waals surface area contributed by atoms with Gasteiger partial charge >= 0.3 is 5.97 Å². The van der Waals surface area contributed by atoms with Crippen LogP contribution in [0.2, 0.25) is 0 Å². The van der Waals surface area contributed by atoms with Crippen molar-refractivity contribution in [3.63, 3.8) is 0 Å². The maximum atomic E-state index is 13.4. The van der Waals surface area contributed by atoms with E-state index in [9.17, 15) is 9.18 Å². The van der Waals surface area contributed by atoms with Crippen LogP contribution in [0.5, 0.6) is 17.2 Å². The summed E-state index contributed by atoms with van der Waals surface area (Å²) >= 11 is 0. The van der Waals surface area contributed by atoms with Crippen LogP contribution in [0.25, 0.3) is 11.3 Å². The third-order valence-corrected chi connectivity index (χ3v) is 3.95. The predicted octanol–water partition coefficient (Wildman–Crippen LogP) is 3.37. The average Bonchev–Trinajstić information content (AvgIpc) is 3.20. The molecule has 8 heteroatoms. The molecule has 0 saturated heterocycles. The van der Waals surface area contributed by atoms with Crippen molar-refractivity contribution in [2.75, 3.05) is 19.8 Å². The number of ether oxygens (including phenoxy) is 4. The van der Waals surface area contributed by atoms with Gasteiger partial charge in [-0.2, -0.15) is 0 Å². The Bertz CT molecular complexity index is 986. The van der Waals surface area contributed by atoms with Crippen LogP contribution >= 0.6 is 0 Å². The summed E-state index contributed by atoms with van der Waals surface area (Å²) in [6, 6.07) is 12.9. The van der Waals surface area contributed by atoms with Crippen LogP contribution in [0.4, 0.5) is 4.39 Å². The monoisotopic (exact) mass is 385 g/mol. The van der Waals surface area contributed by atoms with Gasteiger partial charge in [-0.15, -0.1) is 0 Å². The highest BCUT2D eigenvalue weighted by molar-refractivity contribution is 5.71. The molecule has 0 bridgehead atoms. The topological polar surface area (TPSA) is 80.0 Å². The van der Waals surface area contributed by atoms with Gasteiger partial charge in [0.05, 0.1) is 0 Å². The average molecular weight is 385 g/mol. The lowest BCUT2D eigenvalue weighted by Gasteiger charge is -2.18.